The molecule has 8 nitrogen and oxygen atoms in total. The molecule has 2 amide bonds. The molecule has 0 saturated carbocycles. The van der Waals surface area contributed by atoms with Crippen LogP contribution in [0, 0.1) is 0 Å². The summed E-state index contributed by atoms with van der Waals surface area (Å²) in [5.41, 5.74) is 1.85. The van der Waals surface area contributed by atoms with Crippen LogP contribution in [-0.4, -0.2) is 59.1 Å². The second-order valence-corrected chi connectivity index (χ2v) is 8.85. The van der Waals surface area contributed by atoms with E-state index in [2.05, 4.69) is 35.1 Å². The maximum absolute atomic E-state index is 12.1. The highest BCUT2D eigenvalue weighted by atomic mass is 32.2. The molecule has 2 rings (SSSR count). The Morgan fingerprint density at radius 3 is 1.57 bits per heavy atom. The average Bonchev–Trinajstić information content (AvgIpc) is 2.65. The van der Waals surface area contributed by atoms with Gasteiger partial charge < -0.3 is 10.6 Å². The minimum absolute atomic E-state index is 0.0119. The fourth-order valence-corrected chi connectivity index (χ4v) is 4.62. The Balaban J connectivity index is 1.99. The summed E-state index contributed by atoms with van der Waals surface area (Å²) in [5, 5.41) is 10.9. The smallest absolute Gasteiger partial charge is 0.236 e. The standard InChI is InChI=1S/C18H32N6O2S2/c1-5-7-13-11-15(25)23-17(21-13,27-3)19-9-10-20-18(28-4)22-14(8-6-2)12-16(26)24-18/h19-20H,5-12H2,1-4H3,(H,23,25)(H,24,26)/t17-,18+. The summed E-state index contributed by atoms with van der Waals surface area (Å²) in [6, 6.07) is 0. The van der Waals surface area contributed by atoms with E-state index in [1.807, 2.05) is 12.5 Å². The molecule has 2 aliphatic rings. The van der Waals surface area contributed by atoms with E-state index in [0.717, 1.165) is 37.1 Å². The first-order chi connectivity index (χ1) is 13.4. The number of carbonyl (C=O) groups is 2. The summed E-state index contributed by atoms with van der Waals surface area (Å²) in [6.45, 7) is 5.28. The first-order valence-corrected chi connectivity index (χ1v) is 12.2. The molecule has 0 bridgehead atoms. The third-order valence-corrected chi connectivity index (χ3v) is 6.36. The molecule has 0 spiro atoms. The highest BCUT2D eigenvalue weighted by molar-refractivity contribution is 8.00. The Labute approximate surface area is 175 Å². The summed E-state index contributed by atoms with van der Waals surface area (Å²) < 4.78 is 0. The fourth-order valence-electron chi connectivity index (χ4n) is 3.25. The number of hydrogen-bond acceptors (Lipinski definition) is 8. The van der Waals surface area contributed by atoms with E-state index >= 15 is 0 Å². The van der Waals surface area contributed by atoms with Gasteiger partial charge in [-0.1, -0.05) is 50.2 Å². The maximum Gasteiger partial charge on any atom is 0.236 e. The van der Waals surface area contributed by atoms with Crippen molar-refractivity contribution in [2.75, 3.05) is 25.6 Å². The van der Waals surface area contributed by atoms with Gasteiger partial charge in [-0.3, -0.25) is 20.2 Å². The van der Waals surface area contributed by atoms with Crippen molar-refractivity contribution in [1.82, 2.24) is 21.3 Å². The second kappa shape index (κ2) is 10.6. The summed E-state index contributed by atoms with van der Waals surface area (Å²) in [5.74, 6) is -0.0237. The number of aliphatic imine (C=N–C) groups is 2. The Morgan fingerprint density at radius 2 is 1.25 bits per heavy atom. The van der Waals surface area contributed by atoms with E-state index in [-0.39, 0.29) is 11.8 Å². The maximum atomic E-state index is 12.1. The van der Waals surface area contributed by atoms with Gasteiger partial charge in [-0.15, -0.1) is 0 Å². The van der Waals surface area contributed by atoms with E-state index in [9.17, 15) is 9.59 Å². The van der Waals surface area contributed by atoms with Crippen molar-refractivity contribution in [1.29, 1.82) is 0 Å². The van der Waals surface area contributed by atoms with Crippen LogP contribution in [0.2, 0.25) is 0 Å². The van der Waals surface area contributed by atoms with Crippen LogP contribution < -0.4 is 21.3 Å². The first kappa shape index (κ1) is 23.2. The van der Waals surface area contributed by atoms with E-state index in [1.54, 1.807) is 0 Å². The largest absolute Gasteiger partial charge is 0.310 e. The molecule has 28 heavy (non-hydrogen) atoms. The van der Waals surface area contributed by atoms with Crippen LogP contribution >= 0.6 is 23.5 Å². The lowest BCUT2D eigenvalue weighted by Gasteiger charge is -2.36. The van der Waals surface area contributed by atoms with Gasteiger partial charge in [0, 0.05) is 24.5 Å². The topological polar surface area (TPSA) is 107 Å². The predicted octanol–water partition coefficient (Wildman–Crippen LogP) is 1.64. The molecule has 0 unspecified atom stereocenters. The van der Waals surface area contributed by atoms with Gasteiger partial charge in [-0.25, -0.2) is 9.98 Å². The summed E-state index contributed by atoms with van der Waals surface area (Å²) in [6.07, 6.45) is 8.16. The van der Waals surface area contributed by atoms with Crippen LogP contribution in [0.4, 0.5) is 0 Å². The molecule has 158 valence electrons. The minimum Gasteiger partial charge on any atom is -0.310 e. The van der Waals surface area contributed by atoms with Gasteiger partial charge in [0.05, 0.1) is 12.8 Å². The molecule has 0 fully saturated rings. The Hall–Kier alpha value is -1.10. The summed E-state index contributed by atoms with van der Waals surface area (Å²) in [4.78, 5) is 33.7. The number of carbonyl (C=O) groups excluding carboxylic acids is 2. The Morgan fingerprint density at radius 1 is 0.857 bits per heavy atom. The second-order valence-electron chi connectivity index (χ2n) is 6.86. The highest BCUT2D eigenvalue weighted by Gasteiger charge is 2.36. The number of rotatable bonds is 11. The van der Waals surface area contributed by atoms with Gasteiger partial charge >= 0.3 is 0 Å². The Bertz CT molecular complexity index is 588. The average molecular weight is 429 g/mol. The van der Waals surface area contributed by atoms with Crippen molar-refractivity contribution in [3.05, 3.63) is 0 Å². The molecule has 4 N–H and O–H groups in total. The molecule has 0 aliphatic carbocycles. The van der Waals surface area contributed by atoms with Crippen LogP contribution in [0.1, 0.15) is 52.4 Å². The van der Waals surface area contributed by atoms with Crippen LogP contribution in [-0.2, 0) is 9.59 Å². The van der Waals surface area contributed by atoms with Crippen molar-refractivity contribution < 1.29 is 9.59 Å². The van der Waals surface area contributed by atoms with E-state index in [0.29, 0.717) is 25.9 Å². The van der Waals surface area contributed by atoms with Crippen molar-refractivity contribution in [3.63, 3.8) is 0 Å². The van der Waals surface area contributed by atoms with Crippen LogP contribution in [0.25, 0.3) is 0 Å². The SMILES string of the molecule is CCCC1=N[C@@](NCCN[C@]2(SC)N=C(CCC)CC(=O)N2)(SC)NC(=O)C1. The summed E-state index contributed by atoms with van der Waals surface area (Å²) in [7, 11) is 0. The molecule has 2 atom stereocenters. The van der Waals surface area contributed by atoms with Gasteiger partial charge in [-0.2, -0.15) is 0 Å². The number of nitrogens with zero attached hydrogens (tertiary/aromatic N) is 2. The molecular formula is C18H32N6O2S2. The molecule has 0 radical (unpaired) electrons. The molecular weight excluding hydrogens is 396 g/mol. The van der Waals surface area contributed by atoms with Crippen LogP contribution in [0.3, 0.4) is 0 Å². The van der Waals surface area contributed by atoms with Gasteiger partial charge in [0.2, 0.25) is 22.1 Å². The predicted molar refractivity (Wildman–Crippen MR) is 119 cm³/mol. The Kier molecular flexibility index (Phi) is 8.79. The zero-order valence-electron chi connectivity index (χ0n) is 17.2. The highest BCUT2D eigenvalue weighted by Crippen LogP contribution is 2.25. The monoisotopic (exact) mass is 428 g/mol. The normalized spacial score (nSPS) is 27.7. The van der Waals surface area contributed by atoms with Crippen LogP contribution in [0.15, 0.2) is 9.98 Å². The zero-order valence-corrected chi connectivity index (χ0v) is 18.8. The van der Waals surface area contributed by atoms with Crippen molar-refractivity contribution >= 4 is 46.8 Å². The van der Waals surface area contributed by atoms with Crippen molar-refractivity contribution in [2.24, 2.45) is 9.98 Å². The van der Waals surface area contributed by atoms with E-state index < -0.39 is 10.2 Å². The third kappa shape index (κ3) is 6.20. The molecule has 2 aliphatic heterocycles. The van der Waals surface area contributed by atoms with Crippen molar-refractivity contribution in [3.8, 4) is 0 Å². The summed E-state index contributed by atoms with van der Waals surface area (Å²) >= 11 is 2.93. The van der Waals surface area contributed by atoms with Crippen LogP contribution in [0.5, 0.6) is 0 Å². The lowest BCUT2D eigenvalue weighted by Crippen LogP contribution is -2.62. The quantitative estimate of drug-likeness (QED) is 0.294. The molecule has 0 aromatic rings. The third-order valence-electron chi connectivity index (χ3n) is 4.50. The number of hydrogen-bond donors (Lipinski definition) is 4. The molecule has 2 heterocycles. The fraction of sp³-hybridized carbons (Fsp3) is 0.778. The van der Waals surface area contributed by atoms with Gasteiger partial charge in [-0.05, 0) is 25.4 Å². The van der Waals surface area contributed by atoms with Gasteiger partial charge in [0.25, 0.3) is 0 Å². The first-order valence-electron chi connectivity index (χ1n) is 9.77. The molecule has 0 aromatic heterocycles. The van der Waals surface area contributed by atoms with E-state index in [4.69, 9.17) is 9.98 Å². The van der Waals surface area contributed by atoms with E-state index in [1.165, 1.54) is 23.5 Å². The number of nitrogens with one attached hydrogen (secondary N) is 4. The lowest BCUT2D eigenvalue weighted by molar-refractivity contribution is -0.122. The minimum atomic E-state index is -0.833. The zero-order chi connectivity index (χ0) is 20.6. The molecule has 0 aromatic carbocycles. The van der Waals surface area contributed by atoms with Crippen molar-refractivity contribution in [2.45, 2.75) is 62.6 Å². The van der Waals surface area contributed by atoms with Gasteiger partial charge in [0.15, 0.2) is 0 Å². The lowest BCUT2D eigenvalue weighted by atomic mass is 10.1. The number of amides is 2. The molecule has 10 heteroatoms. The molecule has 0 saturated heterocycles. The van der Waals surface area contributed by atoms with Gasteiger partial charge in [0.1, 0.15) is 0 Å². The number of thioether (sulfide) groups is 2.